The molecule has 106 valence electrons. The van der Waals surface area contributed by atoms with Crippen LogP contribution in [0, 0.1) is 17.8 Å². The van der Waals surface area contributed by atoms with E-state index < -0.39 is 0 Å². The first-order chi connectivity index (χ1) is 9.19. The van der Waals surface area contributed by atoms with Gasteiger partial charge in [0.15, 0.2) is 0 Å². The molecule has 0 spiro atoms. The number of aliphatic hydroxyl groups is 1. The van der Waals surface area contributed by atoms with E-state index in [-0.39, 0.29) is 18.1 Å². The van der Waals surface area contributed by atoms with Crippen LogP contribution < -0.4 is 5.32 Å². The van der Waals surface area contributed by atoms with Gasteiger partial charge in [-0.3, -0.25) is 4.79 Å². The fourth-order valence-electron chi connectivity index (χ4n) is 5.16. The Kier molecular flexibility index (Phi) is 2.85. The first-order valence-electron chi connectivity index (χ1n) is 7.91. The first kappa shape index (κ1) is 12.2. The maximum absolute atomic E-state index is 12.7. The van der Waals surface area contributed by atoms with Crippen LogP contribution in [0.15, 0.2) is 0 Å². The van der Waals surface area contributed by atoms with Gasteiger partial charge in [-0.1, -0.05) is 0 Å². The van der Waals surface area contributed by atoms with E-state index in [0.717, 1.165) is 24.3 Å². The van der Waals surface area contributed by atoms with Gasteiger partial charge in [0, 0.05) is 19.1 Å². The molecule has 5 fully saturated rings. The topological polar surface area (TPSA) is 52.6 Å². The average molecular weight is 264 g/mol. The molecule has 2 N–H and O–H groups in total. The van der Waals surface area contributed by atoms with Crippen LogP contribution >= 0.6 is 0 Å². The third kappa shape index (κ3) is 2.09. The lowest BCUT2D eigenvalue weighted by molar-refractivity contribution is -0.136. The minimum Gasteiger partial charge on any atom is -0.392 e. The third-order valence-electron chi connectivity index (χ3n) is 5.80. The smallest absolute Gasteiger partial charge is 0.240 e. The van der Waals surface area contributed by atoms with Crippen LogP contribution in [0.3, 0.4) is 0 Å². The number of aliphatic hydroxyl groups excluding tert-OH is 1. The summed E-state index contributed by atoms with van der Waals surface area (Å²) in [6.07, 6.45) is 6.82. The van der Waals surface area contributed by atoms with Gasteiger partial charge in [0.2, 0.25) is 5.91 Å². The maximum atomic E-state index is 12.7. The van der Waals surface area contributed by atoms with E-state index in [1.165, 1.54) is 32.1 Å². The van der Waals surface area contributed by atoms with E-state index in [9.17, 15) is 9.90 Å². The monoisotopic (exact) mass is 264 g/mol. The van der Waals surface area contributed by atoms with Gasteiger partial charge in [0.1, 0.15) is 0 Å². The van der Waals surface area contributed by atoms with E-state index >= 15 is 0 Å². The number of amides is 1. The summed E-state index contributed by atoms with van der Waals surface area (Å²) in [4.78, 5) is 14.9. The molecule has 0 aromatic carbocycles. The molecule has 5 aliphatic rings. The maximum Gasteiger partial charge on any atom is 0.240 e. The molecule has 3 heterocycles. The van der Waals surface area contributed by atoms with Crippen molar-refractivity contribution in [3.8, 4) is 0 Å². The van der Waals surface area contributed by atoms with Crippen LogP contribution in [0.1, 0.15) is 38.5 Å². The van der Waals surface area contributed by atoms with Crippen molar-refractivity contribution in [2.24, 2.45) is 17.8 Å². The van der Waals surface area contributed by atoms with Crippen molar-refractivity contribution in [3.63, 3.8) is 0 Å². The predicted octanol–water partition coefficient (Wildman–Crippen LogP) is 0.746. The molecule has 4 unspecified atom stereocenters. The highest BCUT2D eigenvalue weighted by molar-refractivity contribution is 5.82. The Morgan fingerprint density at radius 2 is 1.68 bits per heavy atom. The minimum atomic E-state index is -0.339. The number of carbonyl (C=O) groups is 1. The van der Waals surface area contributed by atoms with Crippen LogP contribution in [0.2, 0.25) is 0 Å². The van der Waals surface area contributed by atoms with Gasteiger partial charge in [0.25, 0.3) is 0 Å². The summed E-state index contributed by atoms with van der Waals surface area (Å²) in [5.74, 6) is 2.76. The molecule has 2 aliphatic carbocycles. The second kappa shape index (κ2) is 4.45. The fraction of sp³-hybridized carbons (Fsp3) is 0.933. The molecular formula is C15H24N2O2. The van der Waals surface area contributed by atoms with Gasteiger partial charge in [0.05, 0.1) is 12.1 Å². The second-order valence-electron chi connectivity index (χ2n) is 7.27. The largest absolute Gasteiger partial charge is 0.392 e. The highest BCUT2D eigenvalue weighted by Gasteiger charge is 2.45. The third-order valence-corrected chi connectivity index (χ3v) is 5.80. The van der Waals surface area contributed by atoms with E-state index in [0.29, 0.717) is 19.0 Å². The van der Waals surface area contributed by atoms with Crippen molar-refractivity contribution in [1.29, 1.82) is 0 Å². The van der Waals surface area contributed by atoms with Crippen molar-refractivity contribution in [2.45, 2.75) is 56.7 Å². The molecule has 0 radical (unpaired) electrons. The summed E-state index contributed by atoms with van der Waals surface area (Å²) in [5, 5.41) is 12.8. The van der Waals surface area contributed by atoms with Crippen molar-refractivity contribution >= 4 is 5.91 Å². The molecule has 5 rings (SSSR count). The van der Waals surface area contributed by atoms with Crippen molar-refractivity contribution in [1.82, 2.24) is 10.2 Å². The Morgan fingerprint density at radius 3 is 2.32 bits per heavy atom. The Hall–Kier alpha value is -0.610. The summed E-state index contributed by atoms with van der Waals surface area (Å²) in [6.45, 7) is 1.55. The standard InChI is InChI=1S/C15H24N2O2/c18-13-6-14(16-7-13)15(19)17-8-11-2-9-1-10(3-11)5-12(17)4-9/h9-14,16,18H,1-8H2. The Balaban J connectivity index is 1.53. The quantitative estimate of drug-likeness (QED) is 0.735. The molecule has 19 heavy (non-hydrogen) atoms. The zero-order valence-corrected chi connectivity index (χ0v) is 11.4. The summed E-state index contributed by atoms with van der Waals surface area (Å²) in [7, 11) is 0. The van der Waals surface area contributed by atoms with Gasteiger partial charge in [-0.25, -0.2) is 0 Å². The number of hydrogen-bond donors (Lipinski definition) is 2. The van der Waals surface area contributed by atoms with Gasteiger partial charge < -0.3 is 15.3 Å². The number of fused-ring (bicyclic) bond motifs is 1. The Bertz CT molecular complexity index is 372. The lowest BCUT2D eigenvalue weighted by Gasteiger charge is -2.39. The van der Waals surface area contributed by atoms with E-state index in [1.54, 1.807) is 0 Å². The van der Waals surface area contributed by atoms with Crippen molar-refractivity contribution in [3.05, 3.63) is 0 Å². The number of nitrogens with zero attached hydrogens (tertiary/aromatic N) is 1. The van der Waals surface area contributed by atoms with Crippen LogP contribution in [-0.4, -0.2) is 47.2 Å². The van der Waals surface area contributed by atoms with Crippen molar-refractivity contribution < 1.29 is 9.90 Å². The number of β-amino-alcohol motifs (C(OH)–C–C–N with tert-alkyl or cyclic N) is 1. The van der Waals surface area contributed by atoms with Crippen LogP contribution in [-0.2, 0) is 4.79 Å². The average Bonchev–Trinajstić information content (AvgIpc) is 2.71. The molecule has 4 heteroatoms. The molecule has 0 aromatic rings. The summed E-state index contributed by atoms with van der Waals surface area (Å²) in [5.41, 5.74) is 0. The van der Waals surface area contributed by atoms with Crippen LogP contribution in [0.5, 0.6) is 0 Å². The molecule has 3 aliphatic heterocycles. The molecular weight excluding hydrogens is 240 g/mol. The van der Waals surface area contributed by atoms with E-state index in [2.05, 4.69) is 10.2 Å². The molecule has 4 bridgehead atoms. The fourth-order valence-corrected chi connectivity index (χ4v) is 5.16. The molecule has 4 atom stereocenters. The number of carbonyl (C=O) groups excluding carboxylic acids is 1. The lowest BCUT2D eigenvalue weighted by Crippen LogP contribution is -2.49. The molecule has 0 aromatic heterocycles. The molecule has 3 saturated heterocycles. The van der Waals surface area contributed by atoms with E-state index in [1.807, 2.05) is 0 Å². The first-order valence-corrected chi connectivity index (χ1v) is 7.91. The molecule has 1 amide bonds. The van der Waals surface area contributed by atoms with Gasteiger partial charge >= 0.3 is 0 Å². The number of nitrogens with one attached hydrogen (secondary N) is 1. The summed E-state index contributed by atoms with van der Waals surface area (Å²) in [6, 6.07) is 0.356. The predicted molar refractivity (Wildman–Crippen MR) is 71.5 cm³/mol. The highest BCUT2D eigenvalue weighted by Crippen LogP contribution is 2.47. The van der Waals surface area contributed by atoms with Crippen LogP contribution in [0.4, 0.5) is 0 Å². The molecule has 2 saturated carbocycles. The summed E-state index contributed by atoms with van der Waals surface area (Å²) < 4.78 is 0. The summed E-state index contributed by atoms with van der Waals surface area (Å²) >= 11 is 0. The zero-order valence-electron chi connectivity index (χ0n) is 11.4. The minimum absolute atomic E-state index is 0.134. The number of hydrogen-bond acceptors (Lipinski definition) is 3. The van der Waals surface area contributed by atoms with Crippen LogP contribution in [0.25, 0.3) is 0 Å². The normalized spacial score (nSPS) is 48.6. The van der Waals surface area contributed by atoms with Gasteiger partial charge in [-0.2, -0.15) is 0 Å². The van der Waals surface area contributed by atoms with Gasteiger partial charge in [-0.15, -0.1) is 0 Å². The lowest BCUT2D eigenvalue weighted by atomic mass is 9.68. The molecule has 4 nitrogen and oxygen atoms in total. The SMILES string of the molecule is O=C(C1CC(O)CN1)N1CC2CC3CC(C2)CC1C3. The van der Waals surface area contributed by atoms with Crippen molar-refractivity contribution in [2.75, 3.05) is 13.1 Å². The van der Waals surface area contributed by atoms with Gasteiger partial charge in [-0.05, 0) is 56.3 Å². The van der Waals surface area contributed by atoms with E-state index in [4.69, 9.17) is 0 Å². The second-order valence-corrected chi connectivity index (χ2v) is 7.27. The Labute approximate surface area is 114 Å². The number of rotatable bonds is 1. The highest BCUT2D eigenvalue weighted by atomic mass is 16.3. The Morgan fingerprint density at radius 1 is 1.00 bits per heavy atom. The zero-order chi connectivity index (χ0) is 13.0.